The first-order valence-electron chi connectivity index (χ1n) is 10.5. The number of carbonyl (C=O) groups excluding carboxylic acids is 1. The second kappa shape index (κ2) is 10.9. The molecule has 0 saturated carbocycles. The fourth-order valence-electron chi connectivity index (χ4n) is 3.58. The lowest BCUT2D eigenvalue weighted by Gasteiger charge is -2.28. The lowest BCUT2D eigenvalue weighted by Crippen LogP contribution is -2.34. The second-order valence-electron chi connectivity index (χ2n) is 7.60. The van der Waals surface area contributed by atoms with Crippen molar-refractivity contribution in [1.29, 1.82) is 0 Å². The summed E-state index contributed by atoms with van der Waals surface area (Å²) >= 11 is 0. The van der Waals surface area contributed by atoms with Crippen LogP contribution in [-0.4, -0.2) is 26.1 Å². The number of hydrogen-bond donors (Lipinski definition) is 2. The summed E-state index contributed by atoms with van der Waals surface area (Å²) in [6.07, 6.45) is 0. The molecule has 176 valence electrons. The Morgan fingerprint density at radius 3 is 2.35 bits per heavy atom. The standard InChI is InChI=1S/C26H26N2O5S/c1-4-5-15-33-22-11-13-23(14-12-22)34(31,32)28(18-21-9-7-6-8-10-21)25-20(3)16-19(2)17-24(25)26(29)27-30/h6-14,16-17,30H,15,18H2,1-3H3,(H,27,29). The van der Waals surface area contributed by atoms with E-state index in [2.05, 4.69) is 11.8 Å². The maximum Gasteiger partial charge on any atom is 0.276 e. The van der Waals surface area contributed by atoms with Crippen LogP contribution in [0.2, 0.25) is 0 Å². The van der Waals surface area contributed by atoms with Gasteiger partial charge in [-0.1, -0.05) is 42.3 Å². The van der Waals surface area contributed by atoms with Crippen molar-refractivity contribution in [3.8, 4) is 17.6 Å². The Bertz CT molecular complexity index is 1330. The predicted molar refractivity (Wildman–Crippen MR) is 130 cm³/mol. The Hall–Kier alpha value is -3.80. The number of sulfonamides is 1. The monoisotopic (exact) mass is 478 g/mol. The largest absolute Gasteiger partial charge is 0.481 e. The fourth-order valence-corrected chi connectivity index (χ4v) is 5.12. The summed E-state index contributed by atoms with van der Waals surface area (Å²) in [6.45, 7) is 5.42. The Labute approximate surface area is 200 Å². The van der Waals surface area contributed by atoms with Gasteiger partial charge < -0.3 is 4.74 Å². The molecule has 0 aromatic heterocycles. The van der Waals surface area contributed by atoms with E-state index in [9.17, 15) is 18.4 Å². The number of aryl methyl sites for hydroxylation is 2. The van der Waals surface area contributed by atoms with Crippen LogP contribution in [0.1, 0.15) is 34.0 Å². The summed E-state index contributed by atoms with van der Waals surface area (Å²) in [6, 6.07) is 18.5. The number of carbonyl (C=O) groups is 1. The molecule has 3 rings (SSSR count). The van der Waals surface area contributed by atoms with Gasteiger partial charge in [0.05, 0.1) is 22.7 Å². The van der Waals surface area contributed by atoms with Crippen LogP contribution in [0.15, 0.2) is 71.6 Å². The van der Waals surface area contributed by atoms with Gasteiger partial charge in [0.25, 0.3) is 15.9 Å². The van der Waals surface area contributed by atoms with Gasteiger partial charge in [-0.15, -0.1) is 5.92 Å². The van der Waals surface area contributed by atoms with Crippen LogP contribution in [0.25, 0.3) is 0 Å². The predicted octanol–water partition coefficient (Wildman–Crippen LogP) is 4.22. The van der Waals surface area contributed by atoms with E-state index in [1.54, 1.807) is 50.5 Å². The molecule has 3 aromatic rings. The summed E-state index contributed by atoms with van der Waals surface area (Å²) in [5.74, 6) is 5.21. The lowest BCUT2D eigenvalue weighted by atomic mass is 10.0. The van der Waals surface area contributed by atoms with E-state index in [1.165, 1.54) is 16.4 Å². The van der Waals surface area contributed by atoms with Gasteiger partial charge >= 0.3 is 0 Å². The number of amides is 1. The molecule has 0 spiro atoms. The third-order valence-electron chi connectivity index (χ3n) is 5.11. The zero-order valence-electron chi connectivity index (χ0n) is 19.2. The first kappa shape index (κ1) is 24.8. The quantitative estimate of drug-likeness (QED) is 0.287. The maximum atomic E-state index is 13.9. The van der Waals surface area contributed by atoms with E-state index in [0.717, 1.165) is 11.1 Å². The van der Waals surface area contributed by atoms with Gasteiger partial charge in [0, 0.05) is 0 Å². The Kier molecular flexibility index (Phi) is 7.95. The van der Waals surface area contributed by atoms with Crippen LogP contribution >= 0.6 is 0 Å². The third-order valence-corrected chi connectivity index (χ3v) is 6.87. The number of nitrogens with one attached hydrogen (secondary N) is 1. The minimum Gasteiger partial charge on any atom is -0.481 e. The average molecular weight is 479 g/mol. The number of ether oxygens (including phenoxy) is 1. The van der Waals surface area contributed by atoms with Gasteiger partial charge in [-0.2, -0.15) is 0 Å². The van der Waals surface area contributed by atoms with E-state index in [1.807, 2.05) is 30.3 Å². The molecule has 0 heterocycles. The number of hydroxylamine groups is 1. The highest BCUT2D eigenvalue weighted by atomic mass is 32.2. The minimum absolute atomic E-state index is 0.0108. The Morgan fingerprint density at radius 2 is 1.74 bits per heavy atom. The highest BCUT2D eigenvalue weighted by Gasteiger charge is 2.30. The van der Waals surface area contributed by atoms with Gasteiger partial charge in [-0.3, -0.25) is 14.3 Å². The summed E-state index contributed by atoms with van der Waals surface area (Å²) in [4.78, 5) is 12.6. The summed E-state index contributed by atoms with van der Waals surface area (Å²) < 4.78 is 34.4. The molecule has 8 heteroatoms. The van der Waals surface area contributed by atoms with Crippen LogP contribution in [0, 0.1) is 25.7 Å². The van der Waals surface area contributed by atoms with Gasteiger partial charge in [0.1, 0.15) is 12.4 Å². The van der Waals surface area contributed by atoms with Crippen molar-refractivity contribution in [3.05, 3.63) is 89.0 Å². The molecule has 0 unspecified atom stereocenters. The second-order valence-corrected chi connectivity index (χ2v) is 9.47. The van der Waals surface area contributed by atoms with Crippen LogP contribution in [0.4, 0.5) is 5.69 Å². The summed E-state index contributed by atoms with van der Waals surface area (Å²) in [5.41, 5.74) is 3.95. The molecule has 2 N–H and O–H groups in total. The van der Waals surface area contributed by atoms with Gasteiger partial charge in [-0.05, 0) is 67.8 Å². The first-order chi connectivity index (χ1) is 16.3. The van der Waals surface area contributed by atoms with E-state index in [4.69, 9.17) is 4.74 Å². The zero-order valence-corrected chi connectivity index (χ0v) is 20.0. The van der Waals surface area contributed by atoms with Gasteiger partial charge in [-0.25, -0.2) is 13.9 Å². The molecule has 0 aliphatic rings. The topological polar surface area (TPSA) is 95.9 Å². The molecule has 0 atom stereocenters. The molecule has 0 aliphatic heterocycles. The van der Waals surface area contributed by atoms with Crippen molar-refractivity contribution < 1.29 is 23.2 Å². The molecule has 34 heavy (non-hydrogen) atoms. The van der Waals surface area contributed by atoms with Crippen molar-refractivity contribution >= 4 is 21.6 Å². The van der Waals surface area contributed by atoms with Crippen molar-refractivity contribution in [1.82, 2.24) is 5.48 Å². The number of benzene rings is 3. The number of rotatable bonds is 8. The normalized spacial score (nSPS) is 10.7. The van der Waals surface area contributed by atoms with Crippen LogP contribution in [0.5, 0.6) is 5.75 Å². The van der Waals surface area contributed by atoms with Crippen LogP contribution in [-0.2, 0) is 16.6 Å². The smallest absolute Gasteiger partial charge is 0.276 e. The van der Waals surface area contributed by atoms with Gasteiger partial charge in [0.2, 0.25) is 0 Å². The molecule has 0 fully saturated rings. The molecule has 0 radical (unpaired) electrons. The molecule has 0 saturated heterocycles. The highest BCUT2D eigenvalue weighted by Crippen LogP contribution is 2.33. The van der Waals surface area contributed by atoms with Crippen LogP contribution in [0.3, 0.4) is 0 Å². The number of anilines is 1. The fraction of sp³-hybridized carbons (Fsp3) is 0.192. The number of nitrogens with zero attached hydrogens (tertiary/aromatic N) is 1. The molecular formula is C26H26N2O5S. The molecule has 0 aliphatic carbocycles. The van der Waals surface area contributed by atoms with Crippen molar-refractivity contribution in [2.45, 2.75) is 32.2 Å². The third kappa shape index (κ3) is 5.57. The average Bonchev–Trinajstić information content (AvgIpc) is 2.83. The van der Waals surface area contributed by atoms with E-state index in [-0.39, 0.29) is 29.3 Å². The molecular weight excluding hydrogens is 452 g/mol. The van der Waals surface area contributed by atoms with E-state index >= 15 is 0 Å². The van der Waals surface area contributed by atoms with Crippen molar-refractivity contribution in [2.24, 2.45) is 0 Å². The molecule has 3 aromatic carbocycles. The first-order valence-corrected chi connectivity index (χ1v) is 12.0. The zero-order chi connectivity index (χ0) is 24.7. The van der Waals surface area contributed by atoms with E-state index < -0.39 is 15.9 Å². The molecule has 0 bridgehead atoms. The Balaban J connectivity index is 2.14. The SMILES string of the molecule is CC#CCOc1ccc(S(=O)(=O)N(Cc2ccccc2)c2c(C)cc(C)cc2C(=O)NO)cc1. The lowest BCUT2D eigenvalue weighted by molar-refractivity contribution is 0.0707. The summed E-state index contributed by atoms with van der Waals surface area (Å²) in [5, 5.41) is 9.31. The number of hydrogen-bond acceptors (Lipinski definition) is 5. The maximum absolute atomic E-state index is 13.9. The minimum atomic E-state index is -4.11. The van der Waals surface area contributed by atoms with Crippen LogP contribution < -0.4 is 14.5 Å². The highest BCUT2D eigenvalue weighted by molar-refractivity contribution is 7.92. The van der Waals surface area contributed by atoms with Crippen molar-refractivity contribution in [2.75, 3.05) is 10.9 Å². The molecule has 7 nitrogen and oxygen atoms in total. The van der Waals surface area contributed by atoms with Gasteiger partial charge in [0.15, 0.2) is 0 Å². The Morgan fingerprint density at radius 1 is 1.06 bits per heavy atom. The summed E-state index contributed by atoms with van der Waals surface area (Å²) in [7, 11) is -4.11. The van der Waals surface area contributed by atoms with E-state index in [0.29, 0.717) is 11.3 Å². The van der Waals surface area contributed by atoms with Crippen molar-refractivity contribution in [3.63, 3.8) is 0 Å². The molecule has 1 amide bonds.